The number of amides is 1. The van der Waals surface area contributed by atoms with Gasteiger partial charge in [0.25, 0.3) is 0 Å². The van der Waals surface area contributed by atoms with E-state index in [4.69, 9.17) is 0 Å². The van der Waals surface area contributed by atoms with E-state index < -0.39 is 0 Å². The SMILES string of the molecule is CC(=O)NC1(C)CCCN(Cc2cc(-c3cccc(N(C)C)c3)cs2)C1. The number of carbonyl (C=O) groups is 1. The average molecular weight is 372 g/mol. The average Bonchev–Trinajstić information content (AvgIpc) is 3.02. The van der Waals surface area contributed by atoms with E-state index in [-0.39, 0.29) is 11.4 Å². The first-order valence-electron chi connectivity index (χ1n) is 9.21. The standard InChI is InChI=1S/C21H29N3OS/c1-16(25)22-21(2)9-6-10-24(15-21)13-20-12-18(14-26-20)17-7-5-8-19(11-17)23(3)4/h5,7-8,11-12,14H,6,9-10,13,15H2,1-4H3,(H,22,25). The number of likely N-dealkylation sites (tertiary alicyclic amines) is 1. The van der Waals surface area contributed by atoms with Gasteiger partial charge in [-0.2, -0.15) is 0 Å². The van der Waals surface area contributed by atoms with Crippen molar-refractivity contribution >= 4 is 22.9 Å². The molecule has 1 fully saturated rings. The van der Waals surface area contributed by atoms with E-state index in [1.165, 1.54) is 21.7 Å². The molecule has 1 aromatic heterocycles. The number of anilines is 1. The number of hydrogen-bond donors (Lipinski definition) is 1. The van der Waals surface area contributed by atoms with E-state index in [9.17, 15) is 4.79 Å². The van der Waals surface area contributed by atoms with E-state index in [0.29, 0.717) is 0 Å². The lowest BCUT2D eigenvalue weighted by Gasteiger charge is -2.40. The predicted molar refractivity (Wildman–Crippen MR) is 111 cm³/mol. The molecule has 1 unspecified atom stereocenters. The second-order valence-corrected chi connectivity index (χ2v) is 8.80. The summed E-state index contributed by atoms with van der Waals surface area (Å²) in [7, 11) is 4.14. The second kappa shape index (κ2) is 7.80. The second-order valence-electron chi connectivity index (χ2n) is 7.80. The quantitative estimate of drug-likeness (QED) is 0.864. The summed E-state index contributed by atoms with van der Waals surface area (Å²) < 4.78 is 0. The number of nitrogens with zero attached hydrogens (tertiary/aromatic N) is 2. The number of carbonyl (C=O) groups excluding carboxylic acids is 1. The van der Waals surface area contributed by atoms with Crippen LogP contribution >= 0.6 is 11.3 Å². The summed E-state index contributed by atoms with van der Waals surface area (Å²) in [6.45, 7) is 6.73. The van der Waals surface area contributed by atoms with Crippen LogP contribution in [0.4, 0.5) is 5.69 Å². The highest BCUT2D eigenvalue weighted by Gasteiger charge is 2.31. The van der Waals surface area contributed by atoms with E-state index in [1.54, 1.807) is 6.92 Å². The first kappa shape index (κ1) is 18.9. The van der Waals surface area contributed by atoms with Crippen molar-refractivity contribution in [3.8, 4) is 11.1 Å². The minimum absolute atomic E-state index is 0.0635. The molecular formula is C21H29N3OS. The van der Waals surface area contributed by atoms with Gasteiger partial charge >= 0.3 is 0 Å². The van der Waals surface area contributed by atoms with Gasteiger partial charge in [0, 0.05) is 50.2 Å². The van der Waals surface area contributed by atoms with Crippen molar-refractivity contribution in [3.63, 3.8) is 0 Å². The Morgan fingerprint density at radius 3 is 2.85 bits per heavy atom. The van der Waals surface area contributed by atoms with Gasteiger partial charge in [-0.3, -0.25) is 9.69 Å². The Labute approximate surface area is 160 Å². The Kier molecular flexibility index (Phi) is 5.68. The van der Waals surface area contributed by atoms with Crippen molar-refractivity contribution in [2.24, 2.45) is 0 Å². The molecule has 4 nitrogen and oxygen atoms in total. The number of nitrogens with one attached hydrogen (secondary N) is 1. The fourth-order valence-electron chi connectivity index (χ4n) is 3.81. The number of hydrogen-bond acceptors (Lipinski definition) is 4. The number of piperidine rings is 1. The van der Waals surface area contributed by atoms with Gasteiger partial charge in [-0.05, 0) is 61.0 Å². The molecule has 1 amide bonds. The molecule has 0 radical (unpaired) electrons. The first-order chi connectivity index (χ1) is 12.3. The van der Waals surface area contributed by atoms with Gasteiger partial charge in [0.2, 0.25) is 5.91 Å². The minimum atomic E-state index is -0.107. The number of rotatable bonds is 5. The van der Waals surface area contributed by atoms with Crippen LogP contribution in [0.2, 0.25) is 0 Å². The number of thiophene rings is 1. The van der Waals surface area contributed by atoms with Crippen LogP contribution in [0.1, 0.15) is 31.6 Å². The third-order valence-corrected chi connectivity index (χ3v) is 5.90. The van der Waals surface area contributed by atoms with Crippen LogP contribution in [0.25, 0.3) is 11.1 Å². The summed E-state index contributed by atoms with van der Waals surface area (Å²) in [5.41, 5.74) is 3.66. The van der Waals surface area contributed by atoms with Crippen molar-refractivity contribution in [3.05, 3.63) is 40.6 Å². The molecule has 1 atom stereocenters. The fourth-order valence-corrected chi connectivity index (χ4v) is 4.74. The third-order valence-electron chi connectivity index (χ3n) is 4.98. The van der Waals surface area contributed by atoms with Crippen molar-refractivity contribution in [1.82, 2.24) is 10.2 Å². The van der Waals surface area contributed by atoms with Crippen molar-refractivity contribution in [2.45, 2.75) is 38.8 Å². The molecule has 26 heavy (non-hydrogen) atoms. The topological polar surface area (TPSA) is 35.6 Å². The summed E-state index contributed by atoms with van der Waals surface area (Å²) in [5.74, 6) is 0.0635. The van der Waals surface area contributed by atoms with Crippen LogP contribution in [-0.4, -0.2) is 43.5 Å². The maximum Gasteiger partial charge on any atom is 0.217 e. The predicted octanol–water partition coefficient (Wildman–Crippen LogP) is 3.97. The molecule has 0 aliphatic carbocycles. The maximum absolute atomic E-state index is 11.5. The van der Waals surface area contributed by atoms with Crippen LogP contribution in [0.15, 0.2) is 35.7 Å². The molecule has 1 N–H and O–H groups in total. The van der Waals surface area contributed by atoms with E-state index in [0.717, 1.165) is 32.5 Å². The van der Waals surface area contributed by atoms with Gasteiger partial charge in [0.1, 0.15) is 0 Å². The molecule has 1 aromatic carbocycles. The van der Waals surface area contributed by atoms with Crippen LogP contribution in [-0.2, 0) is 11.3 Å². The van der Waals surface area contributed by atoms with Gasteiger partial charge in [-0.25, -0.2) is 0 Å². The molecule has 140 valence electrons. The monoisotopic (exact) mass is 371 g/mol. The molecule has 1 aliphatic heterocycles. The molecule has 0 saturated carbocycles. The molecular weight excluding hydrogens is 342 g/mol. The lowest BCUT2D eigenvalue weighted by Crippen LogP contribution is -2.56. The zero-order chi connectivity index (χ0) is 18.7. The highest BCUT2D eigenvalue weighted by Crippen LogP contribution is 2.30. The fraction of sp³-hybridized carbons (Fsp3) is 0.476. The van der Waals surface area contributed by atoms with Gasteiger partial charge in [-0.1, -0.05) is 12.1 Å². The van der Waals surface area contributed by atoms with E-state index in [2.05, 4.69) is 71.8 Å². The summed E-state index contributed by atoms with van der Waals surface area (Å²) in [6, 6.07) is 11.0. The molecule has 2 heterocycles. The Morgan fingerprint density at radius 1 is 1.31 bits per heavy atom. The molecule has 1 aliphatic rings. The molecule has 0 spiro atoms. The van der Waals surface area contributed by atoms with Crippen LogP contribution < -0.4 is 10.2 Å². The largest absolute Gasteiger partial charge is 0.378 e. The Bertz CT molecular complexity index is 770. The van der Waals surface area contributed by atoms with Crippen molar-refractivity contribution in [2.75, 3.05) is 32.1 Å². The lowest BCUT2D eigenvalue weighted by atomic mass is 9.91. The highest BCUT2D eigenvalue weighted by atomic mass is 32.1. The van der Waals surface area contributed by atoms with E-state index >= 15 is 0 Å². The molecule has 0 bridgehead atoms. The van der Waals surface area contributed by atoms with Crippen molar-refractivity contribution in [1.29, 1.82) is 0 Å². The Morgan fingerprint density at radius 2 is 2.12 bits per heavy atom. The normalized spacial score (nSPS) is 20.8. The van der Waals surface area contributed by atoms with Gasteiger partial charge in [0.15, 0.2) is 0 Å². The van der Waals surface area contributed by atoms with Crippen LogP contribution in [0.5, 0.6) is 0 Å². The van der Waals surface area contributed by atoms with E-state index in [1.807, 2.05) is 11.3 Å². The summed E-state index contributed by atoms with van der Waals surface area (Å²) in [5, 5.41) is 5.39. The Hall–Kier alpha value is -1.85. The molecule has 5 heteroatoms. The maximum atomic E-state index is 11.5. The zero-order valence-corrected chi connectivity index (χ0v) is 17.0. The van der Waals surface area contributed by atoms with Crippen LogP contribution in [0.3, 0.4) is 0 Å². The summed E-state index contributed by atoms with van der Waals surface area (Å²) >= 11 is 1.82. The molecule has 2 aromatic rings. The summed E-state index contributed by atoms with van der Waals surface area (Å²) in [4.78, 5) is 17.5. The molecule has 3 rings (SSSR count). The smallest absolute Gasteiger partial charge is 0.217 e. The van der Waals surface area contributed by atoms with Crippen molar-refractivity contribution < 1.29 is 4.79 Å². The zero-order valence-electron chi connectivity index (χ0n) is 16.2. The number of benzene rings is 1. The minimum Gasteiger partial charge on any atom is -0.378 e. The lowest BCUT2D eigenvalue weighted by molar-refractivity contribution is -0.121. The summed E-state index contributed by atoms with van der Waals surface area (Å²) in [6.07, 6.45) is 2.18. The highest BCUT2D eigenvalue weighted by molar-refractivity contribution is 7.10. The van der Waals surface area contributed by atoms with Gasteiger partial charge in [-0.15, -0.1) is 11.3 Å². The Balaban J connectivity index is 1.69. The third kappa shape index (κ3) is 4.65. The van der Waals surface area contributed by atoms with Gasteiger partial charge < -0.3 is 10.2 Å². The van der Waals surface area contributed by atoms with Gasteiger partial charge in [0.05, 0.1) is 0 Å². The molecule has 1 saturated heterocycles. The van der Waals surface area contributed by atoms with Crippen LogP contribution in [0, 0.1) is 0 Å². The first-order valence-corrected chi connectivity index (χ1v) is 10.1.